The number of carbonyl (C=O) groups excluding carboxylic acids is 3. The summed E-state index contributed by atoms with van der Waals surface area (Å²) in [4.78, 5) is 34.9. The Balaban J connectivity index is 2.47. The molecule has 0 aliphatic carbocycles. The van der Waals surface area contributed by atoms with Gasteiger partial charge in [0.1, 0.15) is 6.04 Å². The van der Waals surface area contributed by atoms with Crippen LogP contribution in [-0.4, -0.2) is 48.3 Å². The molecule has 1 saturated heterocycles. The molecule has 5 N–H and O–H groups in total. The molecular formula is C9H16N4O3. The van der Waals surface area contributed by atoms with Gasteiger partial charge < -0.3 is 21.7 Å². The minimum Gasteiger partial charge on any atom is -0.368 e. The van der Waals surface area contributed by atoms with Crippen LogP contribution in [0.1, 0.15) is 12.8 Å². The van der Waals surface area contributed by atoms with Crippen molar-refractivity contribution in [3.8, 4) is 0 Å². The number of hydrogen-bond donors (Lipinski definition) is 3. The monoisotopic (exact) mass is 228 g/mol. The molecule has 0 spiro atoms. The second-order valence-electron chi connectivity index (χ2n) is 3.63. The lowest BCUT2D eigenvalue weighted by atomic mass is 10.2. The number of hydrogen-bond acceptors (Lipinski definition) is 4. The summed E-state index contributed by atoms with van der Waals surface area (Å²) >= 11 is 0. The molecule has 7 nitrogen and oxygen atoms in total. The Morgan fingerprint density at radius 2 is 2.06 bits per heavy atom. The highest BCUT2D eigenvalue weighted by atomic mass is 16.2. The third kappa shape index (κ3) is 2.93. The van der Waals surface area contributed by atoms with Gasteiger partial charge in [0.15, 0.2) is 0 Å². The molecule has 1 unspecified atom stereocenters. The van der Waals surface area contributed by atoms with Gasteiger partial charge >= 0.3 is 0 Å². The number of nitrogens with zero attached hydrogens (tertiary/aromatic N) is 1. The number of amides is 3. The molecule has 0 aromatic heterocycles. The van der Waals surface area contributed by atoms with E-state index in [0.29, 0.717) is 13.0 Å². The molecule has 0 radical (unpaired) electrons. The zero-order chi connectivity index (χ0) is 12.1. The minimum atomic E-state index is -0.540. The Morgan fingerprint density at radius 3 is 2.62 bits per heavy atom. The quantitative estimate of drug-likeness (QED) is 0.494. The Bertz CT molecular complexity index is 305. The molecule has 90 valence electrons. The van der Waals surface area contributed by atoms with Gasteiger partial charge in [-0.3, -0.25) is 14.4 Å². The third-order valence-electron chi connectivity index (χ3n) is 2.52. The maximum Gasteiger partial charge on any atom is 0.242 e. The SMILES string of the molecule is NCC(=O)NCC(=O)N1CCCC1C(N)=O. The second-order valence-corrected chi connectivity index (χ2v) is 3.63. The van der Waals surface area contributed by atoms with Gasteiger partial charge in [-0.25, -0.2) is 0 Å². The summed E-state index contributed by atoms with van der Waals surface area (Å²) < 4.78 is 0. The van der Waals surface area contributed by atoms with Gasteiger partial charge in [-0.05, 0) is 12.8 Å². The lowest BCUT2D eigenvalue weighted by Gasteiger charge is -2.22. The average Bonchev–Trinajstić information content (AvgIpc) is 2.74. The molecule has 1 aliphatic heterocycles. The van der Waals surface area contributed by atoms with Crippen LogP contribution >= 0.6 is 0 Å². The van der Waals surface area contributed by atoms with Crippen LogP contribution in [0.15, 0.2) is 0 Å². The van der Waals surface area contributed by atoms with E-state index in [1.54, 1.807) is 0 Å². The second kappa shape index (κ2) is 5.45. The van der Waals surface area contributed by atoms with Gasteiger partial charge in [-0.15, -0.1) is 0 Å². The summed E-state index contributed by atoms with van der Waals surface area (Å²) in [6.07, 6.45) is 1.34. The van der Waals surface area contributed by atoms with E-state index in [9.17, 15) is 14.4 Å². The summed E-state index contributed by atoms with van der Waals surface area (Å²) in [6.45, 7) is 0.206. The molecule has 0 aromatic carbocycles. The average molecular weight is 228 g/mol. The van der Waals surface area contributed by atoms with E-state index in [-0.39, 0.29) is 19.0 Å². The largest absolute Gasteiger partial charge is 0.368 e. The first-order valence-electron chi connectivity index (χ1n) is 5.11. The van der Waals surface area contributed by atoms with Crippen LogP contribution in [0.3, 0.4) is 0 Å². The van der Waals surface area contributed by atoms with Crippen molar-refractivity contribution >= 4 is 17.7 Å². The van der Waals surface area contributed by atoms with E-state index >= 15 is 0 Å². The van der Waals surface area contributed by atoms with E-state index in [1.807, 2.05) is 0 Å². The van der Waals surface area contributed by atoms with Gasteiger partial charge in [0, 0.05) is 6.54 Å². The molecule has 1 rings (SSSR count). The maximum absolute atomic E-state index is 11.6. The van der Waals surface area contributed by atoms with Gasteiger partial charge in [-0.2, -0.15) is 0 Å². The molecule has 1 atom stereocenters. The third-order valence-corrected chi connectivity index (χ3v) is 2.52. The summed E-state index contributed by atoms with van der Waals surface area (Å²) in [6, 6.07) is -0.540. The van der Waals surface area contributed by atoms with Crippen molar-refractivity contribution in [1.29, 1.82) is 0 Å². The summed E-state index contributed by atoms with van der Waals surface area (Å²) in [5.41, 5.74) is 10.2. The topological polar surface area (TPSA) is 119 Å². The number of nitrogens with two attached hydrogens (primary N) is 2. The van der Waals surface area contributed by atoms with Crippen molar-refractivity contribution in [2.45, 2.75) is 18.9 Å². The van der Waals surface area contributed by atoms with E-state index in [2.05, 4.69) is 5.32 Å². The summed E-state index contributed by atoms with van der Waals surface area (Å²) in [5, 5.41) is 2.36. The lowest BCUT2D eigenvalue weighted by Crippen LogP contribution is -2.48. The standard InChI is InChI=1S/C9H16N4O3/c10-4-7(14)12-5-8(15)13-3-1-2-6(13)9(11)16/h6H,1-5,10H2,(H2,11,16)(H,12,14). The van der Waals surface area contributed by atoms with Gasteiger partial charge in [0.25, 0.3) is 0 Å². The van der Waals surface area contributed by atoms with Crippen LogP contribution in [0.5, 0.6) is 0 Å². The van der Waals surface area contributed by atoms with E-state index in [4.69, 9.17) is 11.5 Å². The number of primary amides is 1. The summed E-state index contributed by atoms with van der Waals surface area (Å²) in [7, 11) is 0. The first-order chi connectivity index (χ1) is 7.56. The number of nitrogens with one attached hydrogen (secondary N) is 1. The fourth-order valence-corrected chi connectivity index (χ4v) is 1.71. The normalized spacial score (nSPS) is 19.6. The highest BCUT2D eigenvalue weighted by Crippen LogP contribution is 2.16. The van der Waals surface area contributed by atoms with Crippen molar-refractivity contribution < 1.29 is 14.4 Å². The van der Waals surface area contributed by atoms with Gasteiger partial charge in [0.05, 0.1) is 13.1 Å². The molecule has 16 heavy (non-hydrogen) atoms. The smallest absolute Gasteiger partial charge is 0.242 e. The Hall–Kier alpha value is -1.63. The van der Waals surface area contributed by atoms with E-state index < -0.39 is 17.9 Å². The molecule has 0 saturated carbocycles. The molecule has 1 aliphatic rings. The first-order valence-corrected chi connectivity index (χ1v) is 5.11. The number of rotatable bonds is 4. The van der Waals surface area contributed by atoms with Crippen LogP contribution in [0.25, 0.3) is 0 Å². The fourth-order valence-electron chi connectivity index (χ4n) is 1.71. The minimum absolute atomic E-state index is 0.139. The summed E-state index contributed by atoms with van der Waals surface area (Å²) in [5.74, 6) is -1.21. The van der Waals surface area contributed by atoms with E-state index in [0.717, 1.165) is 6.42 Å². The van der Waals surface area contributed by atoms with Crippen LogP contribution in [0.4, 0.5) is 0 Å². The molecule has 0 bridgehead atoms. The number of likely N-dealkylation sites (tertiary alicyclic amines) is 1. The molecule has 7 heteroatoms. The van der Waals surface area contributed by atoms with Crippen molar-refractivity contribution in [2.75, 3.05) is 19.6 Å². The van der Waals surface area contributed by atoms with Crippen LogP contribution in [0.2, 0.25) is 0 Å². The van der Waals surface area contributed by atoms with Crippen molar-refractivity contribution in [2.24, 2.45) is 11.5 Å². The fraction of sp³-hybridized carbons (Fsp3) is 0.667. The first kappa shape index (κ1) is 12.4. The maximum atomic E-state index is 11.6. The molecule has 0 aromatic rings. The Kier molecular flexibility index (Phi) is 4.24. The molecule has 1 heterocycles. The predicted octanol–water partition coefficient (Wildman–Crippen LogP) is -2.46. The van der Waals surface area contributed by atoms with Crippen molar-refractivity contribution in [3.05, 3.63) is 0 Å². The predicted molar refractivity (Wildman–Crippen MR) is 56.0 cm³/mol. The number of carbonyl (C=O) groups is 3. The van der Waals surface area contributed by atoms with E-state index in [1.165, 1.54) is 4.90 Å². The molecular weight excluding hydrogens is 212 g/mol. The van der Waals surface area contributed by atoms with Crippen molar-refractivity contribution in [1.82, 2.24) is 10.2 Å². The Labute approximate surface area is 93.1 Å². The van der Waals surface area contributed by atoms with Crippen molar-refractivity contribution in [3.63, 3.8) is 0 Å². The van der Waals surface area contributed by atoms with Gasteiger partial charge in [-0.1, -0.05) is 0 Å². The Morgan fingerprint density at radius 1 is 1.38 bits per heavy atom. The molecule has 1 fully saturated rings. The van der Waals surface area contributed by atoms with Crippen LogP contribution in [0, 0.1) is 0 Å². The van der Waals surface area contributed by atoms with Gasteiger partial charge in [0.2, 0.25) is 17.7 Å². The highest BCUT2D eigenvalue weighted by molar-refractivity contribution is 5.90. The highest BCUT2D eigenvalue weighted by Gasteiger charge is 2.32. The zero-order valence-corrected chi connectivity index (χ0v) is 8.94. The van der Waals surface area contributed by atoms with Crippen LogP contribution in [-0.2, 0) is 14.4 Å². The zero-order valence-electron chi connectivity index (χ0n) is 8.94. The molecule has 3 amide bonds. The van der Waals surface area contributed by atoms with Crippen LogP contribution < -0.4 is 16.8 Å². The lowest BCUT2D eigenvalue weighted by molar-refractivity contribution is -0.137.